The van der Waals surface area contributed by atoms with Crippen molar-refractivity contribution in [3.63, 3.8) is 0 Å². The van der Waals surface area contributed by atoms with E-state index < -0.39 is 0 Å². The molecule has 0 atom stereocenters. The predicted octanol–water partition coefficient (Wildman–Crippen LogP) is 2.25. The van der Waals surface area contributed by atoms with Gasteiger partial charge in [-0.25, -0.2) is 0 Å². The SMILES string of the molecule is NCC1(C(=O)Cc2ccc(Cl)s2)CC1. The Morgan fingerprint density at radius 3 is 2.71 bits per heavy atom. The lowest BCUT2D eigenvalue weighted by Crippen LogP contribution is -2.26. The van der Waals surface area contributed by atoms with Crippen molar-refractivity contribution in [1.29, 1.82) is 0 Å². The Bertz CT molecular complexity index is 357. The van der Waals surface area contributed by atoms with Crippen LogP contribution in [-0.4, -0.2) is 12.3 Å². The van der Waals surface area contributed by atoms with Gasteiger partial charge in [0.1, 0.15) is 5.78 Å². The molecule has 0 aliphatic heterocycles. The van der Waals surface area contributed by atoms with Crippen LogP contribution in [0.4, 0.5) is 0 Å². The van der Waals surface area contributed by atoms with Crippen molar-refractivity contribution < 1.29 is 4.79 Å². The Morgan fingerprint density at radius 2 is 2.29 bits per heavy atom. The first-order valence-electron chi connectivity index (χ1n) is 4.64. The second-order valence-corrected chi connectivity index (χ2v) is 5.59. The van der Waals surface area contributed by atoms with Crippen molar-refractivity contribution >= 4 is 28.7 Å². The summed E-state index contributed by atoms with van der Waals surface area (Å²) in [5.74, 6) is 0.276. The third kappa shape index (κ3) is 1.85. The Labute approximate surface area is 92.1 Å². The quantitative estimate of drug-likeness (QED) is 0.861. The molecular weight excluding hydrogens is 218 g/mol. The molecule has 0 saturated heterocycles. The highest BCUT2D eigenvalue weighted by atomic mass is 35.5. The first kappa shape index (κ1) is 10.1. The molecular formula is C10H12ClNOS. The normalized spacial score (nSPS) is 18.1. The summed E-state index contributed by atoms with van der Waals surface area (Å²) in [6.07, 6.45) is 2.41. The van der Waals surface area contributed by atoms with Crippen LogP contribution < -0.4 is 5.73 Å². The van der Waals surface area contributed by atoms with Crippen molar-refractivity contribution in [3.8, 4) is 0 Å². The van der Waals surface area contributed by atoms with Crippen LogP contribution in [0.25, 0.3) is 0 Å². The van der Waals surface area contributed by atoms with Crippen LogP contribution in [0.1, 0.15) is 17.7 Å². The average Bonchev–Trinajstić information content (AvgIpc) is 2.87. The lowest BCUT2D eigenvalue weighted by molar-refractivity contribution is -0.123. The van der Waals surface area contributed by atoms with Gasteiger partial charge < -0.3 is 5.73 Å². The van der Waals surface area contributed by atoms with Crippen molar-refractivity contribution in [2.75, 3.05) is 6.54 Å². The monoisotopic (exact) mass is 229 g/mol. The molecule has 0 spiro atoms. The Balaban J connectivity index is 2.01. The molecule has 2 nitrogen and oxygen atoms in total. The van der Waals surface area contributed by atoms with Gasteiger partial charge in [0.25, 0.3) is 0 Å². The second-order valence-electron chi connectivity index (χ2n) is 3.79. The van der Waals surface area contributed by atoms with Gasteiger partial charge in [-0.15, -0.1) is 11.3 Å². The summed E-state index contributed by atoms with van der Waals surface area (Å²) in [7, 11) is 0. The van der Waals surface area contributed by atoms with E-state index >= 15 is 0 Å². The van der Waals surface area contributed by atoms with Crippen LogP contribution in [0.3, 0.4) is 0 Å². The number of nitrogens with two attached hydrogens (primary N) is 1. The van der Waals surface area contributed by atoms with Crippen LogP contribution in [-0.2, 0) is 11.2 Å². The highest BCUT2D eigenvalue weighted by molar-refractivity contribution is 7.16. The number of halogens is 1. The van der Waals surface area contributed by atoms with E-state index in [1.807, 2.05) is 12.1 Å². The van der Waals surface area contributed by atoms with E-state index in [9.17, 15) is 4.79 Å². The van der Waals surface area contributed by atoms with Crippen LogP contribution in [0.2, 0.25) is 4.34 Å². The molecule has 1 aliphatic rings. The molecule has 0 radical (unpaired) electrons. The molecule has 4 heteroatoms. The van der Waals surface area contributed by atoms with Crippen LogP contribution in [0.15, 0.2) is 12.1 Å². The van der Waals surface area contributed by atoms with Crippen LogP contribution >= 0.6 is 22.9 Å². The van der Waals surface area contributed by atoms with E-state index in [2.05, 4.69) is 0 Å². The zero-order chi connectivity index (χ0) is 10.2. The first-order valence-corrected chi connectivity index (χ1v) is 5.83. The maximum absolute atomic E-state index is 11.8. The molecule has 1 fully saturated rings. The maximum Gasteiger partial charge on any atom is 0.145 e. The summed E-state index contributed by atoms with van der Waals surface area (Å²) in [6.45, 7) is 0.491. The minimum Gasteiger partial charge on any atom is -0.329 e. The molecule has 0 aromatic carbocycles. The van der Waals surface area contributed by atoms with E-state index in [1.165, 1.54) is 11.3 Å². The topological polar surface area (TPSA) is 43.1 Å². The molecule has 2 N–H and O–H groups in total. The predicted molar refractivity (Wildman–Crippen MR) is 58.8 cm³/mol. The molecule has 1 aromatic heterocycles. The number of Topliss-reactive ketones (excluding diaryl/α,β-unsaturated/α-hetero) is 1. The lowest BCUT2D eigenvalue weighted by Gasteiger charge is -2.09. The molecule has 1 saturated carbocycles. The van der Waals surface area contributed by atoms with Crippen molar-refractivity contribution in [3.05, 3.63) is 21.3 Å². The summed E-state index contributed by atoms with van der Waals surface area (Å²) in [6, 6.07) is 3.74. The van der Waals surface area contributed by atoms with Crippen LogP contribution in [0, 0.1) is 5.41 Å². The molecule has 0 amide bonds. The van der Waals surface area contributed by atoms with Gasteiger partial charge in [0.2, 0.25) is 0 Å². The third-order valence-electron chi connectivity index (χ3n) is 2.80. The molecule has 1 aliphatic carbocycles. The molecule has 0 bridgehead atoms. The van der Waals surface area contributed by atoms with Gasteiger partial charge in [0.15, 0.2) is 0 Å². The van der Waals surface area contributed by atoms with E-state index in [0.717, 1.165) is 22.1 Å². The highest BCUT2D eigenvalue weighted by Crippen LogP contribution is 2.46. The number of hydrogen-bond donors (Lipinski definition) is 1. The zero-order valence-corrected chi connectivity index (χ0v) is 9.33. The van der Waals surface area contributed by atoms with Gasteiger partial charge in [0.05, 0.1) is 4.34 Å². The number of carbonyl (C=O) groups is 1. The average molecular weight is 230 g/mol. The van der Waals surface area contributed by atoms with Crippen molar-refractivity contribution in [2.45, 2.75) is 19.3 Å². The maximum atomic E-state index is 11.8. The summed E-state index contributed by atoms with van der Waals surface area (Å²) in [5.41, 5.74) is 5.40. The van der Waals surface area contributed by atoms with Gasteiger partial charge >= 0.3 is 0 Å². The molecule has 1 aromatic rings. The van der Waals surface area contributed by atoms with Gasteiger partial charge in [-0.05, 0) is 25.0 Å². The summed E-state index contributed by atoms with van der Waals surface area (Å²) >= 11 is 7.26. The van der Waals surface area contributed by atoms with Gasteiger partial charge in [0, 0.05) is 23.3 Å². The minimum absolute atomic E-state index is 0.184. The minimum atomic E-state index is -0.184. The molecule has 76 valence electrons. The lowest BCUT2D eigenvalue weighted by atomic mass is 9.98. The molecule has 1 heterocycles. The second kappa shape index (κ2) is 3.65. The standard InChI is InChI=1S/C10H12ClNOS/c11-9-2-1-7(14-9)5-8(13)10(6-12)3-4-10/h1-2H,3-6,12H2. The number of ketones is 1. The van der Waals surface area contributed by atoms with Crippen LogP contribution in [0.5, 0.6) is 0 Å². The highest BCUT2D eigenvalue weighted by Gasteiger charge is 2.47. The van der Waals surface area contributed by atoms with Gasteiger partial charge in [-0.2, -0.15) is 0 Å². The van der Waals surface area contributed by atoms with E-state index in [-0.39, 0.29) is 11.2 Å². The zero-order valence-electron chi connectivity index (χ0n) is 7.75. The fourth-order valence-electron chi connectivity index (χ4n) is 1.54. The number of thiophene rings is 1. The Hall–Kier alpha value is -0.380. The summed E-state index contributed by atoms with van der Waals surface area (Å²) in [4.78, 5) is 12.9. The third-order valence-corrected chi connectivity index (χ3v) is 4.03. The number of carbonyl (C=O) groups excluding carboxylic acids is 1. The Morgan fingerprint density at radius 1 is 1.57 bits per heavy atom. The fourth-order valence-corrected chi connectivity index (χ4v) is 2.63. The Kier molecular flexibility index (Phi) is 2.64. The smallest absolute Gasteiger partial charge is 0.145 e. The number of rotatable bonds is 4. The van der Waals surface area contributed by atoms with Gasteiger partial charge in [-0.1, -0.05) is 11.6 Å². The van der Waals surface area contributed by atoms with Crippen molar-refractivity contribution in [1.82, 2.24) is 0 Å². The first-order chi connectivity index (χ1) is 6.66. The van der Waals surface area contributed by atoms with Crippen molar-refractivity contribution in [2.24, 2.45) is 11.1 Å². The largest absolute Gasteiger partial charge is 0.329 e. The van der Waals surface area contributed by atoms with E-state index in [4.69, 9.17) is 17.3 Å². The molecule has 0 unspecified atom stereocenters. The molecule has 14 heavy (non-hydrogen) atoms. The van der Waals surface area contributed by atoms with E-state index in [0.29, 0.717) is 13.0 Å². The van der Waals surface area contributed by atoms with E-state index in [1.54, 1.807) is 0 Å². The summed E-state index contributed by atoms with van der Waals surface area (Å²) in [5, 5.41) is 0. The number of hydrogen-bond acceptors (Lipinski definition) is 3. The summed E-state index contributed by atoms with van der Waals surface area (Å²) < 4.78 is 0.741. The fraction of sp³-hybridized carbons (Fsp3) is 0.500. The van der Waals surface area contributed by atoms with Gasteiger partial charge in [-0.3, -0.25) is 4.79 Å². The molecule has 2 rings (SSSR count).